The summed E-state index contributed by atoms with van der Waals surface area (Å²) in [5.74, 6) is 1.62. The topological polar surface area (TPSA) is 55.8 Å². The summed E-state index contributed by atoms with van der Waals surface area (Å²) in [6.07, 6.45) is 1.05. The van der Waals surface area contributed by atoms with E-state index in [4.69, 9.17) is 9.47 Å². The molecule has 0 spiro atoms. The maximum absolute atomic E-state index is 13.0. The van der Waals surface area contributed by atoms with Gasteiger partial charge in [0, 0.05) is 23.6 Å². The van der Waals surface area contributed by atoms with Crippen LogP contribution in [-0.4, -0.2) is 40.0 Å². The van der Waals surface area contributed by atoms with Crippen LogP contribution in [-0.2, 0) is 10.0 Å². The van der Waals surface area contributed by atoms with E-state index < -0.39 is 10.0 Å². The number of hydrogen-bond donors (Lipinski definition) is 0. The lowest BCUT2D eigenvalue weighted by Crippen LogP contribution is -2.42. The molecular weight excluding hydrogens is 370 g/mol. The van der Waals surface area contributed by atoms with Crippen LogP contribution in [0.3, 0.4) is 0 Å². The Hall–Kier alpha value is -0.790. The van der Waals surface area contributed by atoms with E-state index >= 15 is 0 Å². The average molecular weight is 392 g/mol. The van der Waals surface area contributed by atoms with Crippen molar-refractivity contribution in [2.45, 2.75) is 25.2 Å². The highest BCUT2D eigenvalue weighted by Gasteiger charge is 2.33. The van der Waals surface area contributed by atoms with E-state index in [9.17, 15) is 8.42 Å². The highest BCUT2D eigenvalue weighted by Crippen LogP contribution is 2.37. The number of hydrogen-bond acceptors (Lipinski definition) is 4. The Kier molecular flexibility index (Phi) is 5.40. The number of piperidine rings is 1. The fourth-order valence-electron chi connectivity index (χ4n) is 2.97. The first-order chi connectivity index (χ1) is 10.3. The summed E-state index contributed by atoms with van der Waals surface area (Å²) in [7, 11) is -0.552. The molecule has 2 atom stereocenters. The summed E-state index contributed by atoms with van der Waals surface area (Å²) in [6.45, 7) is 5.27. The van der Waals surface area contributed by atoms with Crippen molar-refractivity contribution >= 4 is 26.0 Å². The normalized spacial score (nSPS) is 23.3. The van der Waals surface area contributed by atoms with Gasteiger partial charge in [0.2, 0.25) is 10.0 Å². The minimum absolute atomic E-state index is 0.214. The number of ether oxygens (including phenoxy) is 2. The molecule has 7 heteroatoms. The molecular formula is C15H22BrNO4S. The van der Waals surface area contributed by atoms with Gasteiger partial charge in [-0.2, -0.15) is 4.31 Å². The molecule has 1 aliphatic heterocycles. The standard InChI is InChI=1S/C15H22BrNO4S/c1-10-5-11(2)9-17(8-10)22(18,19)15-7-14(21-4)13(20-3)6-12(15)16/h6-7,10-11H,5,8-9H2,1-4H3/t10-,11-/m1/s1. The molecule has 0 N–H and O–H groups in total. The molecule has 2 rings (SSSR count). The molecule has 124 valence electrons. The van der Waals surface area contributed by atoms with Gasteiger partial charge in [-0.05, 0) is 40.3 Å². The third kappa shape index (κ3) is 3.41. The predicted molar refractivity (Wildman–Crippen MR) is 88.9 cm³/mol. The van der Waals surface area contributed by atoms with Crippen LogP contribution in [0.5, 0.6) is 11.5 Å². The van der Waals surface area contributed by atoms with Gasteiger partial charge in [-0.3, -0.25) is 0 Å². The molecule has 1 aromatic rings. The maximum atomic E-state index is 13.0. The van der Waals surface area contributed by atoms with Gasteiger partial charge in [0.05, 0.1) is 14.2 Å². The molecule has 0 saturated carbocycles. The maximum Gasteiger partial charge on any atom is 0.244 e. The van der Waals surface area contributed by atoms with E-state index in [0.717, 1.165) is 6.42 Å². The van der Waals surface area contributed by atoms with Crippen molar-refractivity contribution in [2.75, 3.05) is 27.3 Å². The number of sulfonamides is 1. The molecule has 22 heavy (non-hydrogen) atoms. The Bertz CT molecular complexity index is 637. The smallest absolute Gasteiger partial charge is 0.244 e. The lowest BCUT2D eigenvalue weighted by Gasteiger charge is -2.34. The van der Waals surface area contributed by atoms with E-state index in [0.29, 0.717) is 40.9 Å². The quantitative estimate of drug-likeness (QED) is 0.790. The van der Waals surface area contributed by atoms with Gasteiger partial charge in [-0.15, -0.1) is 0 Å². The van der Waals surface area contributed by atoms with Crippen LogP contribution in [0.1, 0.15) is 20.3 Å². The summed E-state index contributed by atoms with van der Waals surface area (Å²) < 4.78 is 38.4. The number of benzene rings is 1. The summed E-state index contributed by atoms with van der Waals surface area (Å²) in [4.78, 5) is 0.214. The summed E-state index contributed by atoms with van der Waals surface area (Å²) in [5.41, 5.74) is 0. The number of nitrogens with zero attached hydrogens (tertiary/aromatic N) is 1. The Labute approximate surface area is 140 Å². The molecule has 1 saturated heterocycles. The molecule has 0 aromatic heterocycles. The molecule has 0 aliphatic carbocycles. The lowest BCUT2D eigenvalue weighted by molar-refractivity contribution is 0.222. The highest BCUT2D eigenvalue weighted by atomic mass is 79.9. The zero-order valence-electron chi connectivity index (χ0n) is 13.3. The van der Waals surface area contributed by atoms with Crippen LogP contribution in [0.15, 0.2) is 21.5 Å². The van der Waals surface area contributed by atoms with Gasteiger partial charge < -0.3 is 9.47 Å². The van der Waals surface area contributed by atoms with E-state index in [1.165, 1.54) is 20.3 Å². The van der Waals surface area contributed by atoms with Crippen molar-refractivity contribution in [2.24, 2.45) is 11.8 Å². The molecule has 0 bridgehead atoms. The molecule has 1 heterocycles. The van der Waals surface area contributed by atoms with E-state index in [1.54, 1.807) is 10.4 Å². The van der Waals surface area contributed by atoms with Crippen molar-refractivity contribution in [3.05, 3.63) is 16.6 Å². The van der Waals surface area contributed by atoms with Crippen LogP contribution in [0.25, 0.3) is 0 Å². The predicted octanol–water partition coefficient (Wildman–Crippen LogP) is 3.13. The molecule has 0 amide bonds. The first kappa shape index (κ1) is 17.6. The zero-order chi connectivity index (χ0) is 16.5. The number of methoxy groups -OCH3 is 2. The molecule has 1 aliphatic rings. The number of halogens is 1. The van der Waals surface area contributed by atoms with Gasteiger partial charge in [-0.1, -0.05) is 13.8 Å². The summed E-state index contributed by atoms with van der Waals surface area (Å²) in [6, 6.07) is 3.14. The van der Waals surface area contributed by atoms with E-state index in [-0.39, 0.29) is 4.90 Å². The summed E-state index contributed by atoms with van der Waals surface area (Å²) in [5, 5.41) is 0. The first-order valence-corrected chi connectivity index (χ1v) is 9.44. The molecule has 1 fully saturated rings. The Morgan fingerprint density at radius 1 is 1.09 bits per heavy atom. The Morgan fingerprint density at radius 2 is 1.59 bits per heavy atom. The van der Waals surface area contributed by atoms with Crippen molar-refractivity contribution in [1.29, 1.82) is 0 Å². The van der Waals surface area contributed by atoms with Crippen LogP contribution >= 0.6 is 15.9 Å². The average Bonchev–Trinajstić information content (AvgIpc) is 2.45. The monoisotopic (exact) mass is 391 g/mol. The first-order valence-electron chi connectivity index (χ1n) is 7.21. The minimum Gasteiger partial charge on any atom is -0.493 e. The van der Waals surface area contributed by atoms with Crippen LogP contribution in [0, 0.1) is 11.8 Å². The zero-order valence-corrected chi connectivity index (χ0v) is 15.7. The molecule has 5 nitrogen and oxygen atoms in total. The van der Waals surface area contributed by atoms with Crippen LogP contribution in [0.4, 0.5) is 0 Å². The fourth-order valence-corrected chi connectivity index (χ4v) is 5.65. The third-order valence-electron chi connectivity index (χ3n) is 3.89. The van der Waals surface area contributed by atoms with Gasteiger partial charge >= 0.3 is 0 Å². The Morgan fingerprint density at radius 3 is 2.09 bits per heavy atom. The number of rotatable bonds is 4. The van der Waals surface area contributed by atoms with Gasteiger partial charge in [0.1, 0.15) is 4.90 Å². The summed E-state index contributed by atoms with van der Waals surface area (Å²) >= 11 is 3.34. The van der Waals surface area contributed by atoms with E-state index in [1.807, 2.05) is 0 Å². The SMILES string of the molecule is COc1cc(Br)c(S(=O)(=O)N2C[C@H](C)C[C@@H](C)C2)cc1OC. The molecule has 0 radical (unpaired) electrons. The van der Waals surface area contributed by atoms with Crippen molar-refractivity contribution in [3.8, 4) is 11.5 Å². The Balaban J connectivity index is 2.45. The van der Waals surface area contributed by atoms with Gasteiger partial charge in [0.15, 0.2) is 11.5 Å². The van der Waals surface area contributed by atoms with Crippen LogP contribution < -0.4 is 9.47 Å². The second-order valence-corrected chi connectivity index (χ2v) is 8.67. The second-order valence-electron chi connectivity index (χ2n) is 5.91. The van der Waals surface area contributed by atoms with Crippen molar-refractivity contribution in [3.63, 3.8) is 0 Å². The van der Waals surface area contributed by atoms with E-state index in [2.05, 4.69) is 29.8 Å². The lowest BCUT2D eigenvalue weighted by atomic mass is 9.94. The molecule has 1 aromatic carbocycles. The minimum atomic E-state index is -3.57. The van der Waals surface area contributed by atoms with Crippen molar-refractivity contribution < 1.29 is 17.9 Å². The van der Waals surface area contributed by atoms with Crippen molar-refractivity contribution in [1.82, 2.24) is 4.31 Å². The second kappa shape index (κ2) is 6.76. The molecule has 0 unspecified atom stereocenters. The van der Waals surface area contributed by atoms with Crippen LogP contribution in [0.2, 0.25) is 0 Å². The third-order valence-corrected chi connectivity index (χ3v) is 6.68. The van der Waals surface area contributed by atoms with Gasteiger partial charge in [-0.25, -0.2) is 8.42 Å². The highest BCUT2D eigenvalue weighted by molar-refractivity contribution is 9.10. The largest absolute Gasteiger partial charge is 0.493 e. The van der Waals surface area contributed by atoms with Gasteiger partial charge in [0.25, 0.3) is 0 Å². The fraction of sp³-hybridized carbons (Fsp3) is 0.600.